The SMILES string of the molecule is CN1CCc2ccccc2[C@H]1Cc1ccc(F)cc1N. The first kappa shape index (κ1) is 13.1. The maximum absolute atomic E-state index is 13.2. The van der Waals surface area contributed by atoms with Gasteiger partial charge in [-0.3, -0.25) is 4.90 Å². The smallest absolute Gasteiger partial charge is 0.125 e. The predicted molar refractivity (Wildman–Crippen MR) is 80.0 cm³/mol. The standard InChI is InChI=1S/C17H19FN2/c1-20-9-8-12-4-2-3-5-15(12)17(20)10-13-6-7-14(18)11-16(13)19/h2-7,11,17H,8-10,19H2,1H3/t17-/m1/s1. The van der Waals surface area contributed by atoms with Gasteiger partial charge in [-0.05, 0) is 48.7 Å². The van der Waals surface area contributed by atoms with Crippen LogP contribution >= 0.6 is 0 Å². The van der Waals surface area contributed by atoms with Crippen LogP contribution in [0.1, 0.15) is 22.7 Å². The predicted octanol–water partition coefficient (Wildman–Crippen LogP) is 3.18. The molecule has 1 aliphatic rings. The van der Waals surface area contributed by atoms with Gasteiger partial charge in [-0.1, -0.05) is 30.3 Å². The van der Waals surface area contributed by atoms with Gasteiger partial charge < -0.3 is 5.73 Å². The quantitative estimate of drug-likeness (QED) is 0.849. The Morgan fingerprint density at radius 3 is 2.85 bits per heavy atom. The molecule has 0 saturated carbocycles. The number of likely N-dealkylation sites (N-methyl/N-ethyl adjacent to an activating group) is 1. The maximum atomic E-state index is 13.2. The minimum Gasteiger partial charge on any atom is -0.398 e. The molecule has 2 aromatic carbocycles. The largest absolute Gasteiger partial charge is 0.398 e. The zero-order valence-corrected chi connectivity index (χ0v) is 11.6. The van der Waals surface area contributed by atoms with Crippen molar-refractivity contribution >= 4 is 5.69 Å². The molecular formula is C17H19FN2. The number of benzene rings is 2. The third-order valence-electron chi connectivity index (χ3n) is 4.20. The Balaban J connectivity index is 1.93. The lowest BCUT2D eigenvalue weighted by molar-refractivity contribution is 0.229. The molecule has 0 unspecified atom stereocenters. The number of hydrogen-bond donors (Lipinski definition) is 1. The van der Waals surface area contributed by atoms with Crippen LogP contribution in [0.2, 0.25) is 0 Å². The van der Waals surface area contributed by atoms with Gasteiger partial charge >= 0.3 is 0 Å². The molecule has 0 amide bonds. The minimum atomic E-state index is -0.274. The summed E-state index contributed by atoms with van der Waals surface area (Å²) in [6.07, 6.45) is 1.90. The summed E-state index contributed by atoms with van der Waals surface area (Å²) in [5.41, 5.74) is 10.3. The average molecular weight is 270 g/mol. The van der Waals surface area contributed by atoms with E-state index in [4.69, 9.17) is 5.73 Å². The maximum Gasteiger partial charge on any atom is 0.125 e. The van der Waals surface area contributed by atoms with E-state index in [1.807, 2.05) is 0 Å². The molecule has 20 heavy (non-hydrogen) atoms. The lowest BCUT2D eigenvalue weighted by Gasteiger charge is -2.35. The van der Waals surface area contributed by atoms with Crippen molar-refractivity contribution in [2.24, 2.45) is 0 Å². The average Bonchev–Trinajstić information content (AvgIpc) is 2.44. The third kappa shape index (κ3) is 2.41. The number of nitrogen functional groups attached to an aromatic ring is 1. The molecule has 0 saturated heterocycles. The van der Waals surface area contributed by atoms with Crippen LogP contribution < -0.4 is 5.73 Å². The zero-order chi connectivity index (χ0) is 14.1. The van der Waals surface area contributed by atoms with E-state index in [9.17, 15) is 4.39 Å². The van der Waals surface area contributed by atoms with Crippen molar-refractivity contribution in [3.63, 3.8) is 0 Å². The molecule has 0 spiro atoms. The molecule has 1 atom stereocenters. The number of nitrogens with two attached hydrogens (primary N) is 1. The van der Waals surface area contributed by atoms with Crippen molar-refractivity contribution in [3.8, 4) is 0 Å². The fourth-order valence-corrected chi connectivity index (χ4v) is 3.00. The Morgan fingerprint density at radius 1 is 1.25 bits per heavy atom. The molecule has 0 aliphatic carbocycles. The summed E-state index contributed by atoms with van der Waals surface area (Å²) >= 11 is 0. The van der Waals surface area contributed by atoms with Crippen molar-refractivity contribution in [3.05, 3.63) is 65.0 Å². The van der Waals surface area contributed by atoms with Crippen LogP contribution in [0.15, 0.2) is 42.5 Å². The molecule has 0 aromatic heterocycles. The van der Waals surface area contributed by atoms with Gasteiger partial charge in [0, 0.05) is 18.3 Å². The number of hydrogen-bond acceptors (Lipinski definition) is 2. The van der Waals surface area contributed by atoms with Crippen molar-refractivity contribution in [2.45, 2.75) is 18.9 Å². The molecule has 104 valence electrons. The number of rotatable bonds is 2. The second kappa shape index (κ2) is 5.25. The van der Waals surface area contributed by atoms with E-state index in [2.05, 4.69) is 36.2 Å². The van der Waals surface area contributed by atoms with Crippen LogP contribution in [0.4, 0.5) is 10.1 Å². The molecular weight excluding hydrogens is 251 g/mol. The molecule has 0 bridgehead atoms. The Hall–Kier alpha value is -1.87. The molecule has 1 aliphatic heterocycles. The molecule has 1 heterocycles. The Bertz CT molecular complexity index is 624. The molecule has 2 aromatic rings. The topological polar surface area (TPSA) is 29.3 Å². The van der Waals surface area contributed by atoms with Crippen LogP contribution in [0, 0.1) is 5.82 Å². The van der Waals surface area contributed by atoms with Gasteiger partial charge in [0.15, 0.2) is 0 Å². The second-order valence-corrected chi connectivity index (χ2v) is 5.49. The molecule has 0 radical (unpaired) electrons. The highest BCUT2D eigenvalue weighted by atomic mass is 19.1. The summed E-state index contributed by atoms with van der Waals surface area (Å²) in [7, 11) is 2.14. The van der Waals surface area contributed by atoms with Crippen molar-refractivity contribution < 1.29 is 4.39 Å². The van der Waals surface area contributed by atoms with Gasteiger partial charge in [0.1, 0.15) is 5.82 Å². The van der Waals surface area contributed by atoms with Crippen molar-refractivity contribution in [1.29, 1.82) is 0 Å². The molecule has 3 heteroatoms. The Labute approximate surface area is 119 Å². The van der Waals surface area contributed by atoms with Gasteiger partial charge in [-0.25, -0.2) is 4.39 Å². The zero-order valence-electron chi connectivity index (χ0n) is 11.6. The van der Waals surface area contributed by atoms with E-state index >= 15 is 0 Å². The molecule has 0 fully saturated rings. The summed E-state index contributed by atoms with van der Waals surface area (Å²) in [4.78, 5) is 2.35. The fraction of sp³-hybridized carbons (Fsp3) is 0.294. The highest BCUT2D eigenvalue weighted by Crippen LogP contribution is 2.32. The highest BCUT2D eigenvalue weighted by Gasteiger charge is 2.25. The first-order valence-electron chi connectivity index (χ1n) is 6.97. The van der Waals surface area contributed by atoms with E-state index in [0.29, 0.717) is 11.7 Å². The van der Waals surface area contributed by atoms with Crippen molar-refractivity contribution in [2.75, 3.05) is 19.3 Å². The summed E-state index contributed by atoms with van der Waals surface area (Å²) in [6, 6.07) is 13.6. The normalized spacial score (nSPS) is 18.8. The van der Waals surface area contributed by atoms with Crippen LogP contribution in [-0.4, -0.2) is 18.5 Å². The Morgan fingerprint density at radius 2 is 2.05 bits per heavy atom. The van der Waals surface area contributed by atoms with E-state index in [1.54, 1.807) is 6.07 Å². The summed E-state index contributed by atoms with van der Waals surface area (Å²) in [5, 5.41) is 0. The lowest BCUT2D eigenvalue weighted by Crippen LogP contribution is -2.33. The van der Waals surface area contributed by atoms with Crippen molar-refractivity contribution in [1.82, 2.24) is 4.90 Å². The van der Waals surface area contributed by atoms with E-state index in [1.165, 1.54) is 23.3 Å². The minimum absolute atomic E-state index is 0.274. The number of anilines is 1. The van der Waals surface area contributed by atoms with Gasteiger partial charge in [-0.15, -0.1) is 0 Å². The molecule has 3 rings (SSSR count). The van der Waals surface area contributed by atoms with Crippen LogP contribution in [0.3, 0.4) is 0 Å². The Kier molecular flexibility index (Phi) is 3.45. The third-order valence-corrected chi connectivity index (χ3v) is 4.20. The first-order chi connectivity index (χ1) is 9.65. The van der Waals surface area contributed by atoms with E-state index < -0.39 is 0 Å². The number of nitrogens with zero attached hydrogens (tertiary/aromatic N) is 1. The van der Waals surface area contributed by atoms with E-state index in [-0.39, 0.29) is 5.82 Å². The lowest BCUT2D eigenvalue weighted by atomic mass is 9.89. The van der Waals surface area contributed by atoms with Gasteiger partial charge in [0.25, 0.3) is 0 Å². The first-order valence-corrected chi connectivity index (χ1v) is 6.97. The van der Waals surface area contributed by atoms with Crippen LogP contribution in [0.25, 0.3) is 0 Å². The van der Waals surface area contributed by atoms with Gasteiger partial charge in [0.2, 0.25) is 0 Å². The molecule has 2 nitrogen and oxygen atoms in total. The second-order valence-electron chi connectivity index (χ2n) is 5.49. The summed E-state index contributed by atoms with van der Waals surface area (Å²) < 4.78 is 13.2. The number of fused-ring (bicyclic) bond motifs is 1. The summed E-state index contributed by atoms with van der Waals surface area (Å²) in [5.74, 6) is -0.274. The monoisotopic (exact) mass is 270 g/mol. The summed E-state index contributed by atoms with van der Waals surface area (Å²) in [6.45, 7) is 1.04. The molecule has 2 N–H and O–H groups in total. The van der Waals surface area contributed by atoms with E-state index in [0.717, 1.165) is 24.9 Å². The number of halogens is 1. The highest BCUT2D eigenvalue weighted by molar-refractivity contribution is 5.48. The fourth-order valence-electron chi connectivity index (χ4n) is 3.00. The van der Waals surface area contributed by atoms with Gasteiger partial charge in [-0.2, -0.15) is 0 Å². The van der Waals surface area contributed by atoms with Gasteiger partial charge in [0.05, 0.1) is 0 Å². The van der Waals surface area contributed by atoms with Crippen LogP contribution in [0.5, 0.6) is 0 Å². The van der Waals surface area contributed by atoms with Crippen LogP contribution in [-0.2, 0) is 12.8 Å².